The first-order chi connectivity index (χ1) is 10.3. The lowest BCUT2D eigenvalue weighted by atomic mass is 10.0. The molecule has 0 aromatic heterocycles. The Balaban J connectivity index is 1.53. The average Bonchev–Trinajstić information content (AvgIpc) is 2.88. The van der Waals surface area contributed by atoms with Gasteiger partial charge in [-0.1, -0.05) is 61.2 Å². The average molecular weight is 286 g/mol. The van der Waals surface area contributed by atoms with Gasteiger partial charge in [0.05, 0.1) is 5.71 Å². The molecule has 1 aromatic rings. The molecule has 4 heteroatoms. The quantitative estimate of drug-likeness (QED) is 0.868. The fourth-order valence-corrected chi connectivity index (χ4v) is 3.04. The Bertz CT molecular complexity index is 505. The van der Waals surface area contributed by atoms with E-state index >= 15 is 0 Å². The summed E-state index contributed by atoms with van der Waals surface area (Å²) in [5, 5.41) is 7.21. The first-order valence-corrected chi connectivity index (χ1v) is 7.91. The fourth-order valence-electron chi connectivity index (χ4n) is 3.04. The van der Waals surface area contributed by atoms with Crippen LogP contribution in [0, 0.1) is 0 Å². The second-order valence-corrected chi connectivity index (χ2v) is 5.90. The molecule has 4 nitrogen and oxygen atoms in total. The third-order valence-electron chi connectivity index (χ3n) is 4.27. The smallest absolute Gasteiger partial charge is 0.264 e. The van der Waals surface area contributed by atoms with E-state index in [2.05, 4.69) is 10.5 Å². The summed E-state index contributed by atoms with van der Waals surface area (Å²) in [4.78, 5) is 17.6. The maximum absolute atomic E-state index is 12.3. The first-order valence-electron chi connectivity index (χ1n) is 7.91. The molecule has 3 rings (SSSR count). The topological polar surface area (TPSA) is 50.7 Å². The van der Waals surface area contributed by atoms with Gasteiger partial charge in [-0.25, -0.2) is 0 Å². The molecule has 1 unspecified atom stereocenters. The van der Waals surface area contributed by atoms with Crippen LogP contribution in [0.25, 0.3) is 0 Å². The second-order valence-electron chi connectivity index (χ2n) is 5.90. The number of hydrogen-bond acceptors (Lipinski definition) is 3. The highest BCUT2D eigenvalue weighted by atomic mass is 16.6. The number of hydrogen-bond donors (Lipinski definition) is 1. The number of carbonyl (C=O) groups excluding carboxylic acids is 1. The van der Waals surface area contributed by atoms with Gasteiger partial charge in [0.25, 0.3) is 5.91 Å². The Morgan fingerprint density at radius 1 is 1.10 bits per heavy atom. The number of oxime groups is 1. The monoisotopic (exact) mass is 286 g/mol. The van der Waals surface area contributed by atoms with Gasteiger partial charge in [-0.05, 0) is 18.4 Å². The molecule has 2 aliphatic rings. The van der Waals surface area contributed by atoms with Crippen molar-refractivity contribution >= 4 is 11.6 Å². The molecule has 0 saturated heterocycles. The standard InChI is InChI=1S/C17H22N2O2/c20-17(18-14-10-6-1-2-7-11-14)16-12-15(19-21-16)13-8-4-3-5-9-13/h3-5,8-9,14,16H,1-2,6-7,10-12H2,(H,18,20). The minimum Gasteiger partial charge on any atom is -0.382 e. The summed E-state index contributed by atoms with van der Waals surface area (Å²) in [6.07, 6.45) is 7.26. The summed E-state index contributed by atoms with van der Waals surface area (Å²) in [5.41, 5.74) is 1.89. The van der Waals surface area contributed by atoms with Crippen LogP contribution in [-0.4, -0.2) is 23.8 Å². The highest BCUT2D eigenvalue weighted by molar-refractivity contribution is 6.04. The second kappa shape index (κ2) is 6.74. The molecule has 1 amide bonds. The number of nitrogens with one attached hydrogen (secondary N) is 1. The number of amides is 1. The van der Waals surface area contributed by atoms with Crippen molar-refractivity contribution in [1.82, 2.24) is 5.32 Å². The molecular weight excluding hydrogens is 264 g/mol. The minimum absolute atomic E-state index is 0.0171. The van der Waals surface area contributed by atoms with Gasteiger partial charge in [0.15, 0.2) is 0 Å². The van der Waals surface area contributed by atoms with E-state index in [1.807, 2.05) is 30.3 Å². The zero-order valence-corrected chi connectivity index (χ0v) is 12.3. The van der Waals surface area contributed by atoms with Crippen LogP contribution in [0.15, 0.2) is 35.5 Å². The lowest BCUT2D eigenvalue weighted by molar-refractivity contribution is -0.132. The number of nitrogens with zero attached hydrogens (tertiary/aromatic N) is 1. The number of benzene rings is 1. The van der Waals surface area contributed by atoms with Crippen molar-refractivity contribution in [2.24, 2.45) is 5.16 Å². The summed E-state index contributed by atoms with van der Waals surface area (Å²) in [5.74, 6) is -0.0171. The van der Waals surface area contributed by atoms with Gasteiger partial charge in [0, 0.05) is 12.5 Å². The summed E-state index contributed by atoms with van der Waals surface area (Å²) < 4.78 is 0. The molecule has 21 heavy (non-hydrogen) atoms. The molecule has 1 aromatic carbocycles. The van der Waals surface area contributed by atoms with Crippen LogP contribution in [0.5, 0.6) is 0 Å². The molecule has 1 N–H and O–H groups in total. The van der Waals surface area contributed by atoms with E-state index in [1.165, 1.54) is 25.7 Å². The molecule has 1 aliphatic heterocycles. The van der Waals surface area contributed by atoms with Gasteiger partial charge in [0.2, 0.25) is 6.10 Å². The van der Waals surface area contributed by atoms with E-state index in [4.69, 9.17) is 4.84 Å². The Morgan fingerprint density at radius 2 is 1.81 bits per heavy atom. The lowest BCUT2D eigenvalue weighted by Gasteiger charge is -2.18. The molecular formula is C17H22N2O2. The molecule has 1 saturated carbocycles. The normalized spacial score (nSPS) is 23.0. The van der Waals surface area contributed by atoms with Crippen LogP contribution < -0.4 is 5.32 Å². The highest BCUT2D eigenvalue weighted by Gasteiger charge is 2.30. The van der Waals surface area contributed by atoms with E-state index in [0.29, 0.717) is 12.5 Å². The maximum atomic E-state index is 12.3. The SMILES string of the molecule is O=C(NC1CCCCCC1)C1CC(c2ccccc2)=NO1. The van der Waals surface area contributed by atoms with E-state index < -0.39 is 6.10 Å². The molecule has 0 spiro atoms. The van der Waals surface area contributed by atoms with Crippen molar-refractivity contribution in [3.8, 4) is 0 Å². The van der Waals surface area contributed by atoms with Crippen molar-refractivity contribution in [3.63, 3.8) is 0 Å². The van der Waals surface area contributed by atoms with Crippen LogP contribution in [0.2, 0.25) is 0 Å². The predicted octanol–water partition coefficient (Wildman–Crippen LogP) is 3.02. The van der Waals surface area contributed by atoms with E-state index in [9.17, 15) is 4.79 Å². The molecule has 0 bridgehead atoms. The summed E-state index contributed by atoms with van der Waals surface area (Å²) in [6.45, 7) is 0. The van der Waals surface area contributed by atoms with Gasteiger partial charge in [0.1, 0.15) is 0 Å². The third-order valence-corrected chi connectivity index (χ3v) is 4.27. The van der Waals surface area contributed by atoms with Crippen LogP contribution in [0.3, 0.4) is 0 Å². The van der Waals surface area contributed by atoms with Crippen molar-refractivity contribution in [1.29, 1.82) is 0 Å². The Labute approximate surface area is 125 Å². The van der Waals surface area contributed by atoms with Gasteiger partial charge in [-0.3, -0.25) is 4.79 Å². The molecule has 112 valence electrons. The van der Waals surface area contributed by atoms with Crippen LogP contribution in [-0.2, 0) is 9.63 Å². The predicted molar refractivity (Wildman–Crippen MR) is 82.1 cm³/mol. The minimum atomic E-state index is -0.469. The van der Waals surface area contributed by atoms with E-state index in [0.717, 1.165) is 24.1 Å². The molecule has 1 heterocycles. The zero-order valence-electron chi connectivity index (χ0n) is 12.3. The summed E-state index contributed by atoms with van der Waals surface area (Å²) in [7, 11) is 0. The van der Waals surface area contributed by atoms with Crippen molar-refractivity contribution in [2.75, 3.05) is 0 Å². The molecule has 0 radical (unpaired) electrons. The summed E-state index contributed by atoms with van der Waals surface area (Å²) >= 11 is 0. The first kappa shape index (κ1) is 14.1. The maximum Gasteiger partial charge on any atom is 0.264 e. The largest absolute Gasteiger partial charge is 0.382 e. The van der Waals surface area contributed by atoms with Crippen LogP contribution >= 0.6 is 0 Å². The van der Waals surface area contributed by atoms with E-state index in [-0.39, 0.29) is 5.91 Å². The molecule has 1 fully saturated rings. The zero-order chi connectivity index (χ0) is 14.5. The van der Waals surface area contributed by atoms with Gasteiger partial charge in [-0.2, -0.15) is 0 Å². The van der Waals surface area contributed by atoms with Gasteiger partial charge < -0.3 is 10.2 Å². The Morgan fingerprint density at radius 3 is 2.52 bits per heavy atom. The van der Waals surface area contributed by atoms with Crippen molar-refractivity contribution in [2.45, 2.75) is 57.1 Å². The number of carbonyl (C=O) groups is 1. The Kier molecular flexibility index (Phi) is 4.53. The number of rotatable bonds is 3. The van der Waals surface area contributed by atoms with E-state index in [1.54, 1.807) is 0 Å². The third kappa shape index (κ3) is 3.63. The lowest BCUT2D eigenvalue weighted by Crippen LogP contribution is -2.41. The van der Waals surface area contributed by atoms with Gasteiger partial charge >= 0.3 is 0 Å². The Hall–Kier alpha value is -1.84. The molecule has 1 aliphatic carbocycles. The fraction of sp³-hybridized carbons (Fsp3) is 0.529. The molecule has 1 atom stereocenters. The van der Waals surface area contributed by atoms with Crippen LogP contribution in [0.1, 0.15) is 50.5 Å². The van der Waals surface area contributed by atoms with Crippen molar-refractivity contribution < 1.29 is 9.63 Å². The van der Waals surface area contributed by atoms with Gasteiger partial charge in [-0.15, -0.1) is 0 Å². The van der Waals surface area contributed by atoms with Crippen molar-refractivity contribution in [3.05, 3.63) is 35.9 Å². The van der Waals surface area contributed by atoms with Crippen LogP contribution in [0.4, 0.5) is 0 Å². The summed E-state index contributed by atoms with van der Waals surface area (Å²) in [6, 6.07) is 10.2. The highest BCUT2D eigenvalue weighted by Crippen LogP contribution is 2.20.